The van der Waals surface area contributed by atoms with Gasteiger partial charge in [-0.15, -0.1) is 0 Å². The van der Waals surface area contributed by atoms with Gasteiger partial charge in [0.1, 0.15) is 0 Å². The molecule has 0 aliphatic heterocycles. The molecule has 19 heavy (non-hydrogen) atoms. The molecule has 0 unspecified atom stereocenters. The first-order valence-corrected chi connectivity index (χ1v) is 7.11. The molecule has 1 N–H and O–H groups in total. The van der Waals surface area contributed by atoms with Crippen molar-refractivity contribution in [1.29, 1.82) is 0 Å². The maximum atomic E-state index is 5.98. The molecule has 0 heterocycles. The quantitative estimate of drug-likeness (QED) is 0.792. The van der Waals surface area contributed by atoms with Gasteiger partial charge in [0, 0.05) is 6.54 Å². The molecule has 0 aliphatic rings. The molecule has 0 spiro atoms. The first kappa shape index (κ1) is 14.4. The van der Waals surface area contributed by atoms with Gasteiger partial charge in [-0.1, -0.05) is 53.5 Å². The summed E-state index contributed by atoms with van der Waals surface area (Å²) in [5, 5.41) is 4.64. The third-order valence-electron chi connectivity index (χ3n) is 3.15. The molecule has 0 bridgehead atoms. The van der Waals surface area contributed by atoms with Crippen LogP contribution in [0.25, 0.3) is 0 Å². The summed E-state index contributed by atoms with van der Waals surface area (Å²) in [5.41, 5.74) is 3.89. The Morgan fingerprint density at radius 2 is 1.79 bits per heavy atom. The minimum absolute atomic E-state index is 0.602. The average molecular weight is 294 g/mol. The maximum Gasteiger partial charge on any atom is 0.0595 e. The van der Waals surface area contributed by atoms with Gasteiger partial charge in [0.2, 0.25) is 0 Å². The SMILES string of the molecule is Cc1ccccc1CCNCc1ccc(Cl)c(Cl)c1. The van der Waals surface area contributed by atoms with Gasteiger partial charge in [-0.25, -0.2) is 0 Å². The lowest BCUT2D eigenvalue weighted by Crippen LogP contribution is -2.17. The highest BCUT2D eigenvalue weighted by molar-refractivity contribution is 6.42. The molecule has 0 saturated heterocycles. The second-order valence-electron chi connectivity index (χ2n) is 4.60. The van der Waals surface area contributed by atoms with Crippen LogP contribution in [0.3, 0.4) is 0 Å². The molecule has 2 aromatic rings. The van der Waals surface area contributed by atoms with Gasteiger partial charge in [-0.05, 0) is 48.7 Å². The van der Waals surface area contributed by atoms with Crippen molar-refractivity contribution >= 4 is 23.2 Å². The molecule has 0 aromatic heterocycles. The van der Waals surface area contributed by atoms with E-state index in [2.05, 4.69) is 36.5 Å². The zero-order valence-electron chi connectivity index (χ0n) is 10.9. The number of rotatable bonds is 5. The molecule has 2 aromatic carbocycles. The standard InChI is InChI=1S/C16H17Cl2N/c1-12-4-2-3-5-14(12)8-9-19-11-13-6-7-15(17)16(18)10-13/h2-7,10,19H,8-9,11H2,1H3. The van der Waals surface area contributed by atoms with Crippen molar-refractivity contribution in [1.82, 2.24) is 5.32 Å². The third kappa shape index (κ3) is 4.24. The molecule has 100 valence electrons. The van der Waals surface area contributed by atoms with Crippen LogP contribution in [-0.2, 0) is 13.0 Å². The van der Waals surface area contributed by atoms with Gasteiger partial charge in [-0.3, -0.25) is 0 Å². The lowest BCUT2D eigenvalue weighted by atomic mass is 10.1. The van der Waals surface area contributed by atoms with Crippen LogP contribution in [0, 0.1) is 6.92 Å². The predicted octanol–water partition coefficient (Wildman–Crippen LogP) is 4.63. The molecule has 0 saturated carbocycles. The van der Waals surface area contributed by atoms with Crippen LogP contribution >= 0.6 is 23.2 Å². The van der Waals surface area contributed by atoms with Crippen molar-refractivity contribution in [3.8, 4) is 0 Å². The number of benzene rings is 2. The molecule has 0 amide bonds. The van der Waals surface area contributed by atoms with Gasteiger partial charge < -0.3 is 5.32 Å². The number of hydrogen-bond donors (Lipinski definition) is 1. The van der Waals surface area contributed by atoms with Gasteiger partial charge in [0.05, 0.1) is 10.0 Å². The molecule has 3 heteroatoms. The van der Waals surface area contributed by atoms with E-state index in [1.807, 2.05) is 18.2 Å². The van der Waals surface area contributed by atoms with Crippen molar-refractivity contribution in [2.75, 3.05) is 6.54 Å². The average Bonchev–Trinajstić information content (AvgIpc) is 2.40. The van der Waals surface area contributed by atoms with Crippen molar-refractivity contribution < 1.29 is 0 Å². The van der Waals surface area contributed by atoms with Crippen LogP contribution in [0.15, 0.2) is 42.5 Å². The van der Waals surface area contributed by atoms with E-state index in [0.29, 0.717) is 10.0 Å². The fourth-order valence-corrected chi connectivity index (χ4v) is 2.32. The fraction of sp³-hybridized carbons (Fsp3) is 0.250. The topological polar surface area (TPSA) is 12.0 Å². The molecular formula is C16H17Cl2N. The monoisotopic (exact) mass is 293 g/mol. The summed E-state index contributed by atoms with van der Waals surface area (Å²) in [6.07, 6.45) is 1.04. The predicted molar refractivity (Wildman–Crippen MR) is 83.1 cm³/mol. The first-order valence-electron chi connectivity index (χ1n) is 6.36. The number of hydrogen-bond acceptors (Lipinski definition) is 1. The fourth-order valence-electron chi connectivity index (χ4n) is 2.00. The van der Waals surface area contributed by atoms with E-state index in [9.17, 15) is 0 Å². The maximum absolute atomic E-state index is 5.98. The number of aryl methyl sites for hydroxylation is 1. The van der Waals surface area contributed by atoms with Crippen LogP contribution in [0.4, 0.5) is 0 Å². The summed E-state index contributed by atoms with van der Waals surface area (Å²) in [6.45, 7) is 3.90. The first-order chi connectivity index (χ1) is 9.16. The van der Waals surface area contributed by atoms with Crippen molar-refractivity contribution in [3.63, 3.8) is 0 Å². The molecule has 1 nitrogen and oxygen atoms in total. The van der Waals surface area contributed by atoms with Crippen LogP contribution in [0.2, 0.25) is 10.0 Å². The van der Waals surface area contributed by atoms with Crippen LogP contribution in [0.5, 0.6) is 0 Å². The lowest BCUT2D eigenvalue weighted by molar-refractivity contribution is 0.685. The van der Waals surface area contributed by atoms with E-state index in [0.717, 1.165) is 25.1 Å². The summed E-state index contributed by atoms with van der Waals surface area (Å²) in [6, 6.07) is 14.2. The smallest absolute Gasteiger partial charge is 0.0595 e. The Balaban J connectivity index is 1.81. The molecule has 2 rings (SSSR count). The van der Waals surface area contributed by atoms with Gasteiger partial charge in [0.25, 0.3) is 0 Å². The number of halogens is 2. The summed E-state index contributed by atoms with van der Waals surface area (Å²) in [5.74, 6) is 0. The Kier molecular flexibility index (Phi) is 5.26. The normalized spacial score (nSPS) is 10.7. The number of nitrogens with one attached hydrogen (secondary N) is 1. The Labute approximate surface area is 124 Å². The highest BCUT2D eigenvalue weighted by Crippen LogP contribution is 2.22. The van der Waals surface area contributed by atoms with Gasteiger partial charge in [-0.2, -0.15) is 0 Å². The largest absolute Gasteiger partial charge is 0.312 e. The summed E-state index contributed by atoms with van der Waals surface area (Å²) >= 11 is 11.9. The highest BCUT2D eigenvalue weighted by Gasteiger charge is 2.00. The minimum atomic E-state index is 0.602. The Morgan fingerprint density at radius 3 is 2.53 bits per heavy atom. The second-order valence-corrected chi connectivity index (χ2v) is 5.42. The summed E-state index contributed by atoms with van der Waals surface area (Å²) in [4.78, 5) is 0. The molecular weight excluding hydrogens is 277 g/mol. The van der Waals surface area contributed by atoms with Crippen molar-refractivity contribution in [2.45, 2.75) is 19.9 Å². The zero-order valence-corrected chi connectivity index (χ0v) is 12.4. The Hall–Kier alpha value is -1.02. The van der Waals surface area contributed by atoms with E-state index >= 15 is 0 Å². The third-order valence-corrected chi connectivity index (χ3v) is 3.88. The summed E-state index contributed by atoms with van der Waals surface area (Å²) < 4.78 is 0. The van der Waals surface area contributed by atoms with Crippen LogP contribution < -0.4 is 5.32 Å². The van der Waals surface area contributed by atoms with Crippen LogP contribution in [0.1, 0.15) is 16.7 Å². The molecule has 0 fully saturated rings. The Morgan fingerprint density at radius 1 is 1.00 bits per heavy atom. The van der Waals surface area contributed by atoms with E-state index in [4.69, 9.17) is 23.2 Å². The molecule has 0 radical (unpaired) electrons. The van der Waals surface area contributed by atoms with Crippen LogP contribution in [-0.4, -0.2) is 6.54 Å². The van der Waals surface area contributed by atoms with E-state index in [-0.39, 0.29) is 0 Å². The van der Waals surface area contributed by atoms with Gasteiger partial charge in [0.15, 0.2) is 0 Å². The zero-order chi connectivity index (χ0) is 13.7. The van der Waals surface area contributed by atoms with E-state index in [1.54, 1.807) is 0 Å². The summed E-state index contributed by atoms with van der Waals surface area (Å²) in [7, 11) is 0. The Bertz CT molecular complexity index is 552. The van der Waals surface area contributed by atoms with E-state index in [1.165, 1.54) is 11.1 Å². The second kappa shape index (κ2) is 6.95. The molecule has 0 aliphatic carbocycles. The minimum Gasteiger partial charge on any atom is -0.312 e. The highest BCUT2D eigenvalue weighted by atomic mass is 35.5. The van der Waals surface area contributed by atoms with Crippen molar-refractivity contribution in [3.05, 3.63) is 69.2 Å². The molecule has 0 atom stereocenters. The van der Waals surface area contributed by atoms with Gasteiger partial charge >= 0.3 is 0 Å². The van der Waals surface area contributed by atoms with Crippen molar-refractivity contribution in [2.24, 2.45) is 0 Å². The lowest BCUT2D eigenvalue weighted by Gasteiger charge is -2.08. The van der Waals surface area contributed by atoms with E-state index < -0.39 is 0 Å².